The Morgan fingerprint density at radius 3 is 0.705 bits per heavy atom. The van der Waals surface area contributed by atoms with Gasteiger partial charge < -0.3 is 0 Å². The van der Waals surface area contributed by atoms with Gasteiger partial charge in [0.25, 0.3) is 0 Å². The second-order valence-corrected chi connectivity index (χ2v) is 15.0. The third-order valence-electron chi connectivity index (χ3n) is 7.57. The summed E-state index contributed by atoms with van der Waals surface area (Å²) >= 11 is 6.71. The van der Waals surface area contributed by atoms with Crippen LogP contribution in [0, 0.1) is 0 Å². The summed E-state index contributed by atoms with van der Waals surface area (Å²) in [5.41, 5.74) is 7.02. The Morgan fingerprint density at radius 1 is 0.273 bits per heavy atom. The predicted octanol–water partition coefficient (Wildman–Crippen LogP) is 9.95. The third-order valence-corrected chi connectivity index (χ3v) is 12.5. The predicted molar refractivity (Wildman–Crippen MR) is 199 cm³/mol. The van der Waals surface area contributed by atoms with Crippen LogP contribution < -0.4 is 15.9 Å². The molecule has 0 radical (unpaired) electrons. The first-order chi connectivity index (χ1) is 21.7. The van der Waals surface area contributed by atoms with Crippen molar-refractivity contribution < 1.29 is 0 Å². The fraction of sp³-hybridized carbons (Fsp3) is 0. The topological polar surface area (TPSA) is 0 Å². The van der Waals surface area contributed by atoms with Gasteiger partial charge in [-0.2, -0.15) is 0 Å². The van der Waals surface area contributed by atoms with Crippen molar-refractivity contribution in [3.05, 3.63) is 197 Å². The van der Waals surface area contributed by atoms with Crippen molar-refractivity contribution in [2.24, 2.45) is 0 Å². The Morgan fingerprint density at radius 2 is 0.477 bits per heavy atom. The molecule has 6 rings (SSSR count). The van der Waals surface area contributed by atoms with Gasteiger partial charge in [0.05, 0.1) is 0 Å². The van der Waals surface area contributed by atoms with E-state index in [1.54, 1.807) is 0 Å². The monoisotopic (exact) mass is 600 g/mol. The molecule has 0 heterocycles. The molecule has 0 aromatic heterocycles. The van der Waals surface area contributed by atoms with Gasteiger partial charge in [-0.25, -0.2) is 0 Å². The highest BCUT2D eigenvalue weighted by atomic mass is 32.4. The van der Waals surface area contributed by atoms with Gasteiger partial charge in [-0.05, 0) is 49.3 Å². The molecule has 0 aliphatic carbocycles. The van der Waals surface area contributed by atoms with Crippen LogP contribution in [0.25, 0.3) is 36.5 Å². The number of benzene rings is 6. The summed E-state index contributed by atoms with van der Waals surface area (Å²) in [5, 5.41) is 3.55. The molecule has 44 heavy (non-hydrogen) atoms. The Labute approximate surface area is 266 Å². The summed E-state index contributed by atoms with van der Waals surface area (Å²) < 4.78 is 0. The van der Waals surface area contributed by atoms with Crippen molar-refractivity contribution in [3.8, 4) is 0 Å². The van der Waals surface area contributed by atoms with Gasteiger partial charge in [-0.1, -0.05) is 212 Å². The minimum absolute atomic E-state index is 1.15. The zero-order valence-electron chi connectivity index (χ0n) is 24.4. The van der Waals surface area contributed by atoms with Crippen molar-refractivity contribution >= 4 is 70.2 Å². The minimum Gasteiger partial charge on any atom is -0.0826 e. The van der Waals surface area contributed by atoms with Crippen molar-refractivity contribution in [1.82, 2.24) is 0 Å². The Hall–Kier alpha value is -4.81. The summed E-state index contributed by atoms with van der Waals surface area (Å²) in [5.74, 6) is 0. The largest absolute Gasteiger partial charge is 0.0826 e. The molecule has 6 aromatic carbocycles. The Bertz CT molecular complexity index is 1690. The average molecular weight is 601 g/mol. The summed E-state index contributed by atoms with van der Waals surface area (Å²) in [7, 11) is 0. The lowest BCUT2D eigenvalue weighted by Gasteiger charge is -2.24. The molecule has 0 bridgehead atoms. The molecule has 0 saturated heterocycles. The zero-order valence-corrected chi connectivity index (χ0v) is 26.1. The molecule has 0 spiro atoms. The van der Waals surface area contributed by atoms with Gasteiger partial charge in [-0.3, -0.25) is 0 Å². The summed E-state index contributed by atoms with van der Waals surface area (Å²) in [4.78, 5) is 0. The number of hydrogen-bond donors (Lipinski definition) is 0. The highest BCUT2D eigenvalue weighted by Crippen LogP contribution is 2.43. The van der Waals surface area contributed by atoms with Gasteiger partial charge in [-0.15, -0.1) is 0 Å². The molecule has 0 unspecified atom stereocenters. The lowest BCUT2D eigenvalue weighted by molar-refractivity contribution is 1.65. The van der Waals surface area contributed by atoms with Gasteiger partial charge in [0.2, 0.25) is 0 Å². The molecular formula is C42H33PS. The van der Waals surface area contributed by atoms with E-state index in [1.165, 1.54) is 32.6 Å². The van der Waals surface area contributed by atoms with Crippen LogP contribution in [0.2, 0.25) is 0 Å². The molecule has 2 heteroatoms. The third kappa shape index (κ3) is 7.21. The van der Waals surface area contributed by atoms with Crippen LogP contribution in [0.4, 0.5) is 0 Å². The molecule has 0 aliphatic heterocycles. The highest BCUT2D eigenvalue weighted by Gasteiger charge is 2.24. The summed E-state index contributed by atoms with van der Waals surface area (Å²) in [6, 6.07) is 55.3. The molecule has 0 aliphatic rings. The normalized spacial score (nSPS) is 11.9. The maximum atomic E-state index is 6.71. The van der Waals surface area contributed by atoms with Crippen molar-refractivity contribution in [2.45, 2.75) is 0 Å². The van der Waals surface area contributed by atoms with Crippen molar-refractivity contribution in [1.29, 1.82) is 0 Å². The van der Waals surface area contributed by atoms with Gasteiger partial charge in [0.15, 0.2) is 0 Å². The van der Waals surface area contributed by atoms with E-state index in [0.29, 0.717) is 0 Å². The van der Waals surface area contributed by atoms with Crippen molar-refractivity contribution in [2.75, 3.05) is 0 Å². The summed E-state index contributed by atoms with van der Waals surface area (Å²) in [6.45, 7) is 0. The van der Waals surface area contributed by atoms with Gasteiger partial charge in [0, 0.05) is 6.04 Å². The minimum atomic E-state index is -2.31. The second-order valence-electron chi connectivity index (χ2n) is 10.6. The number of hydrogen-bond acceptors (Lipinski definition) is 1. The lowest BCUT2D eigenvalue weighted by Crippen LogP contribution is -2.24. The molecule has 0 fully saturated rings. The fourth-order valence-electron chi connectivity index (χ4n) is 5.10. The first-order valence-corrected chi connectivity index (χ1v) is 17.6. The van der Waals surface area contributed by atoms with E-state index < -0.39 is 6.04 Å². The standard InChI is InChI=1S/C42H33PS/c44-43(40-28-22-37(23-29-40)19-16-34-10-4-1-5-11-34,41-30-24-38(25-31-41)20-17-35-12-6-2-7-13-35)42-32-26-39(27-33-42)21-18-36-14-8-3-9-15-36/h1-33H/b19-16+,20-17+,21-18+. The molecule has 0 N–H and O–H groups in total. The SMILES string of the molecule is S=P(c1ccc(/C=C/c2ccccc2)cc1)(c1ccc(/C=C/c2ccccc2)cc1)c1ccc(/C=C/c2ccccc2)cc1. The van der Waals surface area contributed by atoms with E-state index in [4.69, 9.17) is 11.8 Å². The van der Waals surface area contributed by atoms with Crippen LogP contribution in [0.15, 0.2) is 164 Å². The van der Waals surface area contributed by atoms with Crippen LogP contribution >= 0.6 is 6.04 Å². The molecule has 0 amide bonds. The highest BCUT2D eigenvalue weighted by molar-refractivity contribution is 8.25. The van der Waals surface area contributed by atoms with E-state index in [-0.39, 0.29) is 0 Å². The molecule has 212 valence electrons. The van der Waals surface area contributed by atoms with Crippen LogP contribution in [-0.4, -0.2) is 0 Å². The zero-order chi connectivity index (χ0) is 30.0. The first-order valence-electron chi connectivity index (χ1n) is 14.8. The Kier molecular flexibility index (Phi) is 9.38. The molecule has 0 atom stereocenters. The van der Waals surface area contributed by atoms with Crippen LogP contribution in [0.1, 0.15) is 33.4 Å². The molecule has 6 aromatic rings. The average Bonchev–Trinajstić information content (AvgIpc) is 3.10. The summed E-state index contributed by atoms with van der Waals surface area (Å²) in [6.07, 6.45) is 12.9. The van der Waals surface area contributed by atoms with Gasteiger partial charge >= 0.3 is 0 Å². The maximum Gasteiger partial charge on any atom is 0.0379 e. The van der Waals surface area contributed by atoms with Gasteiger partial charge in [0.1, 0.15) is 0 Å². The van der Waals surface area contributed by atoms with Crippen LogP contribution in [0.3, 0.4) is 0 Å². The molecule has 0 saturated carbocycles. The number of rotatable bonds is 9. The molecular weight excluding hydrogens is 568 g/mol. The van der Waals surface area contributed by atoms with Crippen molar-refractivity contribution in [3.63, 3.8) is 0 Å². The molecule has 0 nitrogen and oxygen atoms in total. The fourth-order valence-corrected chi connectivity index (χ4v) is 8.80. The van der Waals surface area contributed by atoms with E-state index >= 15 is 0 Å². The smallest absolute Gasteiger partial charge is 0.0379 e. The second kappa shape index (κ2) is 14.1. The van der Waals surface area contributed by atoms with E-state index in [9.17, 15) is 0 Å². The maximum absolute atomic E-state index is 6.71. The van der Waals surface area contributed by atoms with E-state index in [0.717, 1.165) is 16.7 Å². The van der Waals surface area contributed by atoms with E-state index in [1.807, 2.05) is 18.2 Å². The Balaban J connectivity index is 1.32. The lowest BCUT2D eigenvalue weighted by atomic mass is 10.1. The van der Waals surface area contributed by atoms with Crippen LogP contribution in [-0.2, 0) is 11.8 Å². The quantitative estimate of drug-likeness (QED) is 0.118. The first kappa shape index (κ1) is 29.3. The van der Waals surface area contributed by atoms with E-state index in [2.05, 4.69) is 182 Å². The van der Waals surface area contributed by atoms with Crippen LogP contribution in [0.5, 0.6) is 0 Å².